The van der Waals surface area contributed by atoms with E-state index in [2.05, 4.69) is 30.0 Å². The highest BCUT2D eigenvalue weighted by Gasteiger charge is 2.03. The van der Waals surface area contributed by atoms with Crippen molar-refractivity contribution < 1.29 is 5.11 Å². The molecule has 0 fully saturated rings. The van der Waals surface area contributed by atoms with Crippen molar-refractivity contribution in [3.05, 3.63) is 34.9 Å². The van der Waals surface area contributed by atoms with Gasteiger partial charge >= 0.3 is 0 Å². The Morgan fingerprint density at radius 2 is 2.13 bits per heavy atom. The fraction of sp³-hybridized carbons (Fsp3) is 0.500. The molecule has 0 aliphatic rings. The predicted molar refractivity (Wildman–Crippen MR) is 62.5 cm³/mol. The summed E-state index contributed by atoms with van der Waals surface area (Å²) in [4.78, 5) is 2.10. The van der Waals surface area contributed by atoms with Crippen LogP contribution in [-0.4, -0.2) is 30.2 Å². The Morgan fingerprint density at radius 1 is 1.40 bits per heavy atom. The third kappa shape index (κ3) is 3.63. The second kappa shape index (κ2) is 5.85. The molecule has 0 radical (unpaired) electrons. The maximum absolute atomic E-state index is 8.81. The zero-order valence-corrected chi connectivity index (χ0v) is 9.53. The van der Waals surface area contributed by atoms with Gasteiger partial charge in [-0.2, -0.15) is 0 Å². The quantitative estimate of drug-likeness (QED) is 0.755. The Morgan fingerprint density at radius 3 is 2.67 bits per heavy atom. The third-order valence-electron chi connectivity index (χ3n) is 2.56. The first-order valence-corrected chi connectivity index (χ1v) is 5.25. The molecule has 0 unspecified atom stereocenters. The summed E-state index contributed by atoms with van der Waals surface area (Å²) in [5, 5.41) is 8.81. The summed E-state index contributed by atoms with van der Waals surface area (Å²) in [6.07, 6.45) is 0. The van der Waals surface area contributed by atoms with Gasteiger partial charge in [0, 0.05) is 19.6 Å². The molecule has 0 heterocycles. The second-order valence-corrected chi connectivity index (χ2v) is 3.93. The lowest BCUT2D eigenvalue weighted by atomic mass is 10.0. The van der Waals surface area contributed by atoms with E-state index in [4.69, 9.17) is 10.8 Å². The topological polar surface area (TPSA) is 49.5 Å². The number of benzene rings is 1. The van der Waals surface area contributed by atoms with Crippen LogP contribution in [0.5, 0.6) is 0 Å². The zero-order valence-electron chi connectivity index (χ0n) is 9.53. The van der Waals surface area contributed by atoms with E-state index in [0.717, 1.165) is 6.54 Å². The first-order valence-electron chi connectivity index (χ1n) is 5.25. The zero-order chi connectivity index (χ0) is 11.3. The van der Waals surface area contributed by atoms with Crippen LogP contribution in [0.1, 0.15) is 16.7 Å². The van der Waals surface area contributed by atoms with Crippen molar-refractivity contribution in [2.24, 2.45) is 5.73 Å². The predicted octanol–water partition coefficient (Wildman–Crippen LogP) is 0.878. The van der Waals surface area contributed by atoms with Crippen molar-refractivity contribution in [2.75, 3.05) is 20.2 Å². The summed E-state index contributed by atoms with van der Waals surface area (Å²) in [6.45, 7) is 4.47. The van der Waals surface area contributed by atoms with Gasteiger partial charge in [-0.25, -0.2) is 0 Å². The highest BCUT2D eigenvalue weighted by molar-refractivity contribution is 5.30. The molecule has 15 heavy (non-hydrogen) atoms. The smallest absolute Gasteiger partial charge is 0.0558 e. The van der Waals surface area contributed by atoms with Crippen LogP contribution >= 0.6 is 0 Å². The molecular formula is C12H20N2O. The molecule has 3 N–H and O–H groups in total. The normalized spacial score (nSPS) is 11.0. The lowest BCUT2D eigenvalue weighted by Crippen LogP contribution is -2.22. The molecule has 3 nitrogen and oxygen atoms in total. The molecule has 0 aliphatic heterocycles. The van der Waals surface area contributed by atoms with Crippen molar-refractivity contribution in [1.82, 2.24) is 4.90 Å². The monoisotopic (exact) mass is 208 g/mol. The third-order valence-corrected chi connectivity index (χ3v) is 2.56. The van der Waals surface area contributed by atoms with E-state index in [1.165, 1.54) is 16.7 Å². The van der Waals surface area contributed by atoms with Gasteiger partial charge in [-0.3, -0.25) is 4.90 Å². The van der Waals surface area contributed by atoms with Gasteiger partial charge in [0.25, 0.3) is 0 Å². The average molecular weight is 208 g/mol. The second-order valence-electron chi connectivity index (χ2n) is 3.93. The summed E-state index contributed by atoms with van der Waals surface area (Å²) in [7, 11) is 2.01. The minimum atomic E-state index is 0.205. The van der Waals surface area contributed by atoms with Gasteiger partial charge in [-0.15, -0.1) is 0 Å². The fourth-order valence-electron chi connectivity index (χ4n) is 1.60. The van der Waals surface area contributed by atoms with Crippen molar-refractivity contribution in [3.8, 4) is 0 Å². The minimum absolute atomic E-state index is 0.205. The van der Waals surface area contributed by atoms with E-state index in [1.807, 2.05) is 7.05 Å². The lowest BCUT2D eigenvalue weighted by Gasteiger charge is -2.17. The minimum Gasteiger partial charge on any atom is -0.395 e. The van der Waals surface area contributed by atoms with Gasteiger partial charge in [0.15, 0.2) is 0 Å². The number of aryl methyl sites for hydroxylation is 1. The maximum atomic E-state index is 8.81. The van der Waals surface area contributed by atoms with Gasteiger partial charge in [-0.05, 0) is 30.7 Å². The van der Waals surface area contributed by atoms with Gasteiger partial charge in [-0.1, -0.05) is 18.2 Å². The molecule has 0 spiro atoms. The average Bonchev–Trinajstić information content (AvgIpc) is 2.21. The molecule has 0 saturated carbocycles. The number of nitrogens with two attached hydrogens (primary N) is 1. The Balaban J connectivity index is 2.69. The molecule has 1 rings (SSSR count). The van der Waals surface area contributed by atoms with Crippen LogP contribution in [0.25, 0.3) is 0 Å². The van der Waals surface area contributed by atoms with Gasteiger partial charge in [0.2, 0.25) is 0 Å². The highest BCUT2D eigenvalue weighted by Crippen LogP contribution is 2.12. The van der Waals surface area contributed by atoms with E-state index in [9.17, 15) is 0 Å². The molecule has 84 valence electrons. The molecule has 0 aromatic heterocycles. The first kappa shape index (κ1) is 12.2. The molecule has 0 bridgehead atoms. The van der Waals surface area contributed by atoms with E-state index in [-0.39, 0.29) is 6.61 Å². The summed E-state index contributed by atoms with van der Waals surface area (Å²) >= 11 is 0. The number of aliphatic hydroxyl groups is 1. The van der Waals surface area contributed by atoms with E-state index >= 15 is 0 Å². The summed E-state index contributed by atoms with van der Waals surface area (Å²) in [6, 6.07) is 6.31. The van der Waals surface area contributed by atoms with E-state index in [1.54, 1.807) is 0 Å². The van der Waals surface area contributed by atoms with Crippen molar-refractivity contribution in [1.29, 1.82) is 0 Å². The number of hydrogen-bond acceptors (Lipinski definition) is 3. The Hall–Kier alpha value is -0.900. The Labute approximate surface area is 91.5 Å². The lowest BCUT2D eigenvalue weighted by molar-refractivity contribution is 0.217. The first-order chi connectivity index (χ1) is 7.17. The van der Waals surface area contributed by atoms with Gasteiger partial charge in [0.1, 0.15) is 0 Å². The number of hydrogen-bond donors (Lipinski definition) is 2. The van der Waals surface area contributed by atoms with Crippen LogP contribution in [0, 0.1) is 6.92 Å². The van der Waals surface area contributed by atoms with Crippen molar-refractivity contribution >= 4 is 0 Å². The molecule has 1 aromatic rings. The van der Waals surface area contributed by atoms with Crippen LogP contribution in [0.15, 0.2) is 18.2 Å². The van der Waals surface area contributed by atoms with Crippen LogP contribution in [-0.2, 0) is 13.1 Å². The molecule has 1 aromatic carbocycles. The number of nitrogens with zero attached hydrogens (tertiary/aromatic N) is 1. The van der Waals surface area contributed by atoms with Crippen LogP contribution in [0.4, 0.5) is 0 Å². The maximum Gasteiger partial charge on any atom is 0.0558 e. The van der Waals surface area contributed by atoms with Crippen molar-refractivity contribution in [2.45, 2.75) is 20.0 Å². The SMILES string of the molecule is Cc1cc(CN)ccc1CN(C)CCO. The van der Waals surface area contributed by atoms with Crippen LogP contribution in [0.3, 0.4) is 0 Å². The number of likely N-dealkylation sites (N-methyl/N-ethyl adjacent to an activating group) is 1. The number of rotatable bonds is 5. The summed E-state index contributed by atoms with van der Waals surface area (Å²) < 4.78 is 0. The van der Waals surface area contributed by atoms with E-state index in [0.29, 0.717) is 13.1 Å². The molecule has 0 amide bonds. The summed E-state index contributed by atoms with van der Waals surface area (Å²) in [5.41, 5.74) is 9.30. The van der Waals surface area contributed by atoms with Gasteiger partial charge in [0.05, 0.1) is 6.61 Å². The molecule has 0 aliphatic carbocycles. The molecular weight excluding hydrogens is 188 g/mol. The Kier molecular flexibility index (Phi) is 4.75. The van der Waals surface area contributed by atoms with Crippen LogP contribution in [0.2, 0.25) is 0 Å². The molecule has 0 atom stereocenters. The van der Waals surface area contributed by atoms with E-state index < -0.39 is 0 Å². The van der Waals surface area contributed by atoms with Crippen LogP contribution < -0.4 is 5.73 Å². The highest BCUT2D eigenvalue weighted by atomic mass is 16.3. The fourth-order valence-corrected chi connectivity index (χ4v) is 1.60. The van der Waals surface area contributed by atoms with Gasteiger partial charge < -0.3 is 10.8 Å². The standard InChI is InChI=1S/C12H20N2O/c1-10-7-11(8-13)3-4-12(10)9-14(2)5-6-15/h3-4,7,15H,5-6,8-9,13H2,1-2H3. The summed E-state index contributed by atoms with van der Waals surface area (Å²) in [5.74, 6) is 0. The molecule has 0 saturated heterocycles. The Bertz CT molecular complexity index is 312. The van der Waals surface area contributed by atoms with Crippen molar-refractivity contribution in [3.63, 3.8) is 0 Å². The number of aliphatic hydroxyl groups excluding tert-OH is 1. The largest absolute Gasteiger partial charge is 0.395 e. The molecule has 3 heteroatoms.